The van der Waals surface area contributed by atoms with Crippen LogP contribution in [-0.4, -0.2) is 25.1 Å². The molecule has 1 aromatic heterocycles. The van der Waals surface area contributed by atoms with Gasteiger partial charge in [-0.25, -0.2) is 8.42 Å². The smallest absolute Gasteiger partial charge is 0.253 e. The van der Waals surface area contributed by atoms with Crippen LogP contribution < -0.4 is 10.6 Å². The number of rotatable bonds is 5. The molecular formula is C17H19N3O3S. The van der Waals surface area contributed by atoms with E-state index in [-0.39, 0.29) is 11.7 Å². The lowest BCUT2D eigenvalue weighted by molar-refractivity contribution is 0.0950. The van der Waals surface area contributed by atoms with Crippen molar-refractivity contribution in [3.63, 3.8) is 0 Å². The van der Waals surface area contributed by atoms with Crippen LogP contribution in [0.15, 0.2) is 41.4 Å². The summed E-state index contributed by atoms with van der Waals surface area (Å²) in [4.78, 5) is 16.8. The Bertz CT molecular complexity index is 861. The molecule has 2 aromatic rings. The van der Waals surface area contributed by atoms with Gasteiger partial charge < -0.3 is 10.6 Å². The molecule has 0 unspecified atom stereocenters. The van der Waals surface area contributed by atoms with Crippen LogP contribution in [0.4, 0.5) is 0 Å². The predicted molar refractivity (Wildman–Crippen MR) is 90.1 cm³/mol. The molecule has 1 aromatic carbocycles. The molecule has 7 heteroatoms. The number of nitrogens with one attached hydrogen (secondary N) is 2. The topological polar surface area (TPSA) is 88.2 Å². The molecule has 1 aliphatic heterocycles. The highest BCUT2D eigenvalue weighted by Crippen LogP contribution is 2.15. The number of hydrogen-bond acceptors (Lipinski definition) is 5. The van der Waals surface area contributed by atoms with E-state index in [9.17, 15) is 13.2 Å². The number of hydrogen-bond donors (Lipinski definition) is 2. The number of carbonyl (C=O) groups excluding carboxylic acids is 1. The Morgan fingerprint density at radius 2 is 2.00 bits per heavy atom. The van der Waals surface area contributed by atoms with Gasteiger partial charge in [0, 0.05) is 25.8 Å². The van der Waals surface area contributed by atoms with Crippen molar-refractivity contribution < 1.29 is 13.2 Å². The van der Waals surface area contributed by atoms with Gasteiger partial charge in [-0.2, -0.15) is 0 Å². The lowest BCUT2D eigenvalue weighted by Gasteiger charge is -2.07. The van der Waals surface area contributed by atoms with Crippen molar-refractivity contribution in [2.24, 2.45) is 0 Å². The van der Waals surface area contributed by atoms with E-state index < -0.39 is 9.84 Å². The Morgan fingerprint density at radius 1 is 1.25 bits per heavy atom. The number of aromatic nitrogens is 1. The van der Waals surface area contributed by atoms with Gasteiger partial charge in [0.15, 0.2) is 9.84 Å². The maximum atomic E-state index is 12.2. The van der Waals surface area contributed by atoms with Crippen LogP contribution in [0.1, 0.15) is 34.1 Å². The summed E-state index contributed by atoms with van der Waals surface area (Å²) in [6.45, 7) is 3.42. The molecule has 0 atom stereocenters. The Labute approximate surface area is 141 Å². The third-order valence-electron chi connectivity index (χ3n) is 4.05. The molecule has 0 saturated heterocycles. The first-order valence-corrected chi connectivity index (χ1v) is 9.43. The van der Waals surface area contributed by atoms with E-state index in [4.69, 9.17) is 0 Å². The van der Waals surface area contributed by atoms with Crippen molar-refractivity contribution in [3.05, 3.63) is 58.9 Å². The summed E-state index contributed by atoms with van der Waals surface area (Å²) in [6.07, 6.45) is 1.58. The average Bonchev–Trinajstić information content (AvgIpc) is 3.07. The van der Waals surface area contributed by atoms with Crippen LogP contribution in [-0.2, 0) is 29.5 Å². The zero-order valence-electron chi connectivity index (χ0n) is 13.4. The molecule has 0 bridgehead atoms. The second-order valence-electron chi connectivity index (χ2n) is 5.66. The van der Waals surface area contributed by atoms with Gasteiger partial charge in [-0.1, -0.05) is 19.1 Å². The predicted octanol–water partition coefficient (Wildman–Crippen LogP) is 1.41. The summed E-state index contributed by atoms with van der Waals surface area (Å²) in [5, 5.41) is 6.02. The molecule has 0 radical (unpaired) electrons. The largest absolute Gasteiger partial charge is 0.348 e. The number of fused-ring (bicyclic) bond motifs is 1. The SMILES string of the molecule is CCS(=O)(=O)c1ccc(CNC(=O)c2cnc3c(c2)CNC3)cc1. The molecule has 126 valence electrons. The third-order valence-corrected chi connectivity index (χ3v) is 5.80. The zero-order valence-corrected chi connectivity index (χ0v) is 14.2. The lowest BCUT2D eigenvalue weighted by Crippen LogP contribution is -2.23. The second-order valence-corrected chi connectivity index (χ2v) is 7.94. The Balaban J connectivity index is 1.64. The van der Waals surface area contributed by atoms with Crippen LogP contribution in [0.5, 0.6) is 0 Å². The summed E-state index contributed by atoms with van der Waals surface area (Å²) in [7, 11) is -3.20. The number of nitrogens with zero attached hydrogens (tertiary/aromatic N) is 1. The number of pyridine rings is 1. The molecule has 24 heavy (non-hydrogen) atoms. The van der Waals surface area contributed by atoms with Crippen molar-refractivity contribution in [2.75, 3.05) is 5.75 Å². The van der Waals surface area contributed by atoms with Gasteiger partial charge in [-0.15, -0.1) is 0 Å². The van der Waals surface area contributed by atoms with E-state index >= 15 is 0 Å². The molecule has 0 saturated carbocycles. The monoisotopic (exact) mass is 345 g/mol. The Kier molecular flexibility index (Phi) is 4.64. The molecule has 0 fully saturated rings. The Morgan fingerprint density at radius 3 is 2.71 bits per heavy atom. The van der Waals surface area contributed by atoms with Gasteiger partial charge in [0.1, 0.15) is 0 Å². The van der Waals surface area contributed by atoms with E-state index in [0.717, 1.165) is 29.9 Å². The molecule has 2 heterocycles. The van der Waals surface area contributed by atoms with Crippen LogP contribution in [0.3, 0.4) is 0 Å². The van der Waals surface area contributed by atoms with Crippen molar-refractivity contribution in [3.8, 4) is 0 Å². The maximum Gasteiger partial charge on any atom is 0.253 e. The molecule has 0 aliphatic carbocycles. The summed E-state index contributed by atoms with van der Waals surface area (Å²) in [5.74, 6) is -0.119. The normalized spacial score (nSPS) is 13.5. The first-order valence-electron chi connectivity index (χ1n) is 7.78. The van der Waals surface area contributed by atoms with E-state index in [1.54, 1.807) is 37.4 Å². The first kappa shape index (κ1) is 16.6. The highest BCUT2D eigenvalue weighted by molar-refractivity contribution is 7.91. The fourth-order valence-corrected chi connectivity index (χ4v) is 3.44. The molecule has 1 amide bonds. The molecule has 1 aliphatic rings. The van der Waals surface area contributed by atoms with Crippen LogP contribution in [0.2, 0.25) is 0 Å². The van der Waals surface area contributed by atoms with Crippen molar-refractivity contribution in [1.29, 1.82) is 0 Å². The fourth-order valence-electron chi connectivity index (χ4n) is 2.56. The van der Waals surface area contributed by atoms with E-state index in [1.165, 1.54) is 0 Å². The van der Waals surface area contributed by atoms with E-state index in [2.05, 4.69) is 15.6 Å². The van der Waals surface area contributed by atoms with Gasteiger partial charge in [0.05, 0.1) is 21.9 Å². The van der Waals surface area contributed by atoms with Crippen LogP contribution >= 0.6 is 0 Å². The standard InChI is InChI=1S/C17H19N3O3S/c1-2-24(22,23)15-5-3-12(4-6-15)8-20-17(21)14-7-13-9-18-11-16(13)19-10-14/h3-7,10,18H,2,8-9,11H2,1H3,(H,20,21). The molecule has 0 spiro atoms. The number of carbonyl (C=O) groups is 1. The van der Waals surface area contributed by atoms with Gasteiger partial charge in [-0.05, 0) is 29.3 Å². The molecule has 3 rings (SSSR count). The van der Waals surface area contributed by atoms with Crippen molar-refractivity contribution in [2.45, 2.75) is 31.5 Å². The quantitative estimate of drug-likeness (QED) is 0.855. The third kappa shape index (κ3) is 3.47. The minimum Gasteiger partial charge on any atom is -0.348 e. The van der Waals surface area contributed by atoms with Gasteiger partial charge in [0.2, 0.25) is 0 Å². The van der Waals surface area contributed by atoms with Crippen molar-refractivity contribution in [1.82, 2.24) is 15.6 Å². The van der Waals surface area contributed by atoms with Gasteiger partial charge >= 0.3 is 0 Å². The maximum absolute atomic E-state index is 12.2. The summed E-state index contributed by atoms with van der Waals surface area (Å²) >= 11 is 0. The van der Waals surface area contributed by atoms with Crippen LogP contribution in [0.25, 0.3) is 0 Å². The van der Waals surface area contributed by atoms with Crippen molar-refractivity contribution >= 4 is 15.7 Å². The summed E-state index contributed by atoms with van der Waals surface area (Å²) < 4.78 is 23.5. The number of amides is 1. The number of benzene rings is 1. The number of sulfone groups is 1. The average molecular weight is 345 g/mol. The highest BCUT2D eigenvalue weighted by Gasteiger charge is 2.15. The summed E-state index contributed by atoms with van der Waals surface area (Å²) in [6, 6.07) is 8.43. The molecule has 6 nitrogen and oxygen atoms in total. The minimum atomic E-state index is -3.20. The van der Waals surface area contributed by atoms with Gasteiger partial charge in [0.25, 0.3) is 5.91 Å². The molecular weight excluding hydrogens is 326 g/mol. The lowest BCUT2D eigenvalue weighted by atomic mass is 10.1. The summed E-state index contributed by atoms with van der Waals surface area (Å²) in [5.41, 5.74) is 3.41. The molecule has 2 N–H and O–H groups in total. The van der Waals surface area contributed by atoms with E-state index in [0.29, 0.717) is 17.0 Å². The Hall–Kier alpha value is -2.25. The zero-order chi connectivity index (χ0) is 17.2. The highest BCUT2D eigenvalue weighted by atomic mass is 32.2. The first-order chi connectivity index (χ1) is 11.5. The van der Waals surface area contributed by atoms with E-state index in [1.807, 2.05) is 6.07 Å². The van der Waals surface area contributed by atoms with Gasteiger partial charge in [-0.3, -0.25) is 9.78 Å². The second kappa shape index (κ2) is 6.70. The van der Waals surface area contributed by atoms with Crippen LogP contribution in [0, 0.1) is 0 Å². The minimum absolute atomic E-state index is 0.0727. The fraction of sp³-hybridized carbons (Fsp3) is 0.294.